The molecule has 0 aliphatic carbocycles. The van der Waals surface area contributed by atoms with Gasteiger partial charge < -0.3 is 10.6 Å². The zero-order valence-corrected chi connectivity index (χ0v) is 17.0. The maximum atomic E-state index is 13.7. The summed E-state index contributed by atoms with van der Waals surface area (Å²) in [7, 11) is -4.27. The molecule has 0 spiro atoms. The summed E-state index contributed by atoms with van der Waals surface area (Å²) in [6.45, 7) is 1.13. The molecule has 1 atom stereocenters. The molecule has 0 heterocycles. The molecule has 2 aromatic rings. The van der Waals surface area contributed by atoms with E-state index in [0.29, 0.717) is 0 Å². The minimum atomic E-state index is -4.51. The molecule has 0 aliphatic rings. The van der Waals surface area contributed by atoms with Gasteiger partial charge in [0, 0.05) is 18.7 Å². The van der Waals surface area contributed by atoms with Gasteiger partial charge in [0.15, 0.2) is 0 Å². The van der Waals surface area contributed by atoms with E-state index in [2.05, 4.69) is 10.6 Å². The Morgan fingerprint density at radius 3 is 2.13 bits per heavy atom. The van der Waals surface area contributed by atoms with Crippen LogP contribution in [0.3, 0.4) is 0 Å². The van der Waals surface area contributed by atoms with Crippen LogP contribution < -0.4 is 15.4 Å². The summed E-state index contributed by atoms with van der Waals surface area (Å²) in [5.41, 5.74) is -0.881. The van der Waals surface area contributed by atoms with Gasteiger partial charge in [-0.3, -0.25) is 9.59 Å². The second kappa shape index (κ2) is 9.88. The monoisotopic (exact) mass is 461 g/mol. The Hall–Kier alpha value is -2.99. The molecule has 0 saturated heterocycles. The zero-order valence-electron chi connectivity index (χ0n) is 16.2. The number of hydrogen-bond acceptors (Lipinski definition) is 4. The number of alkyl halides is 3. The Balaban J connectivity index is 1.81. The van der Waals surface area contributed by atoms with Crippen LogP contribution in [0, 0.1) is 5.82 Å². The zero-order chi connectivity index (χ0) is 23.2. The number of carbonyl (C=O) groups excluding carboxylic acids is 2. The third-order valence-corrected chi connectivity index (χ3v) is 5.61. The molecule has 3 N–H and O–H groups in total. The van der Waals surface area contributed by atoms with Crippen molar-refractivity contribution >= 4 is 21.8 Å². The minimum absolute atomic E-state index is 0.00495. The molecule has 0 aromatic heterocycles. The number of hydrogen-bond donors (Lipinski definition) is 3. The number of halogens is 4. The molecule has 2 aromatic carbocycles. The molecule has 0 radical (unpaired) electrons. The van der Waals surface area contributed by atoms with Gasteiger partial charge >= 0.3 is 6.18 Å². The summed E-state index contributed by atoms with van der Waals surface area (Å²) < 4.78 is 77.6. The second-order valence-electron chi connectivity index (χ2n) is 6.40. The highest BCUT2D eigenvalue weighted by Crippen LogP contribution is 2.29. The van der Waals surface area contributed by atoms with Crippen molar-refractivity contribution in [1.29, 1.82) is 0 Å². The van der Waals surface area contributed by atoms with Crippen molar-refractivity contribution in [3.8, 4) is 0 Å². The fourth-order valence-electron chi connectivity index (χ4n) is 2.44. The van der Waals surface area contributed by atoms with Crippen LogP contribution in [-0.4, -0.2) is 39.4 Å². The van der Waals surface area contributed by atoms with Crippen LogP contribution in [0.2, 0.25) is 0 Å². The van der Waals surface area contributed by atoms with E-state index >= 15 is 0 Å². The van der Waals surface area contributed by atoms with Gasteiger partial charge in [-0.1, -0.05) is 12.1 Å². The number of benzene rings is 2. The third-order valence-electron chi connectivity index (χ3n) is 4.04. The van der Waals surface area contributed by atoms with Gasteiger partial charge in [0.2, 0.25) is 15.9 Å². The molecule has 0 fully saturated rings. The van der Waals surface area contributed by atoms with E-state index in [4.69, 9.17) is 0 Å². The summed E-state index contributed by atoms with van der Waals surface area (Å²) >= 11 is 0. The molecule has 0 bridgehead atoms. The van der Waals surface area contributed by atoms with E-state index in [1.165, 1.54) is 19.1 Å². The first-order valence-electron chi connectivity index (χ1n) is 8.92. The summed E-state index contributed by atoms with van der Waals surface area (Å²) in [5.74, 6) is -2.33. The SMILES string of the molecule is C[C@H](NS(=O)(=O)c1ccccc1F)C(=O)NCCNC(=O)c1ccc(C(F)(F)F)cc1. The van der Waals surface area contributed by atoms with Crippen LogP contribution in [0.1, 0.15) is 22.8 Å². The average Bonchev–Trinajstić information content (AvgIpc) is 2.70. The highest BCUT2D eigenvalue weighted by Gasteiger charge is 2.30. The lowest BCUT2D eigenvalue weighted by molar-refractivity contribution is -0.137. The molecule has 0 unspecified atom stereocenters. The van der Waals surface area contributed by atoms with Crippen LogP contribution in [0.5, 0.6) is 0 Å². The number of rotatable bonds is 8. The van der Waals surface area contributed by atoms with Crippen molar-refractivity contribution in [2.45, 2.75) is 24.0 Å². The lowest BCUT2D eigenvalue weighted by Gasteiger charge is -2.15. The van der Waals surface area contributed by atoms with Crippen molar-refractivity contribution < 1.29 is 35.6 Å². The van der Waals surface area contributed by atoms with Crippen LogP contribution >= 0.6 is 0 Å². The highest BCUT2D eigenvalue weighted by molar-refractivity contribution is 7.89. The quantitative estimate of drug-likeness (QED) is 0.414. The number of nitrogens with one attached hydrogen (secondary N) is 3. The van der Waals surface area contributed by atoms with Gasteiger partial charge in [0.05, 0.1) is 11.6 Å². The number of sulfonamides is 1. The van der Waals surface area contributed by atoms with Gasteiger partial charge in [0.1, 0.15) is 10.7 Å². The Bertz CT molecular complexity index is 1040. The Morgan fingerprint density at radius 1 is 0.968 bits per heavy atom. The van der Waals surface area contributed by atoms with Gasteiger partial charge in [0.25, 0.3) is 5.91 Å². The Labute approximate surface area is 175 Å². The van der Waals surface area contributed by atoms with Crippen LogP contribution in [0.25, 0.3) is 0 Å². The van der Waals surface area contributed by atoms with Crippen molar-refractivity contribution in [2.75, 3.05) is 13.1 Å². The van der Waals surface area contributed by atoms with Gasteiger partial charge in [-0.2, -0.15) is 17.9 Å². The van der Waals surface area contributed by atoms with Gasteiger partial charge in [-0.15, -0.1) is 0 Å². The molecule has 0 saturated carbocycles. The molecule has 31 heavy (non-hydrogen) atoms. The Kier molecular flexibility index (Phi) is 7.74. The predicted molar refractivity (Wildman–Crippen MR) is 103 cm³/mol. The first kappa shape index (κ1) is 24.3. The molecule has 2 rings (SSSR count). The normalized spacial score (nSPS) is 12.8. The molecule has 2 amide bonds. The van der Waals surface area contributed by atoms with Gasteiger partial charge in [-0.25, -0.2) is 12.8 Å². The van der Waals surface area contributed by atoms with Crippen molar-refractivity contribution in [3.05, 3.63) is 65.5 Å². The fourth-order valence-corrected chi connectivity index (χ4v) is 3.72. The first-order valence-corrected chi connectivity index (χ1v) is 10.4. The first-order chi connectivity index (χ1) is 14.4. The standard InChI is InChI=1S/C19H19F4N3O4S/c1-12(26-31(29,30)16-5-3-2-4-15(16)20)17(27)24-10-11-25-18(28)13-6-8-14(9-7-13)19(21,22)23/h2-9,12,26H,10-11H2,1H3,(H,24,27)(H,25,28)/t12-/m0/s1. The molecular weight excluding hydrogens is 442 g/mol. The van der Waals surface area contributed by atoms with Crippen LogP contribution in [0.4, 0.5) is 17.6 Å². The van der Waals surface area contributed by atoms with E-state index in [9.17, 15) is 35.6 Å². The van der Waals surface area contributed by atoms with Gasteiger partial charge in [-0.05, 0) is 43.3 Å². The van der Waals surface area contributed by atoms with E-state index in [-0.39, 0.29) is 18.7 Å². The fraction of sp³-hybridized carbons (Fsp3) is 0.263. The van der Waals surface area contributed by atoms with Crippen LogP contribution in [-0.2, 0) is 21.0 Å². The number of amides is 2. The lowest BCUT2D eigenvalue weighted by atomic mass is 10.1. The topological polar surface area (TPSA) is 104 Å². The summed E-state index contributed by atoms with van der Waals surface area (Å²) in [5, 5.41) is 4.79. The predicted octanol–water partition coefficient (Wildman–Crippen LogP) is 2.06. The maximum Gasteiger partial charge on any atom is 0.416 e. The van der Waals surface area contributed by atoms with Crippen molar-refractivity contribution in [2.24, 2.45) is 0 Å². The van der Waals surface area contributed by atoms with Crippen molar-refractivity contribution in [1.82, 2.24) is 15.4 Å². The summed E-state index contributed by atoms with van der Waals surface area (Å²) in [6, 6.07) is 7.06. The molecule has 7 nitrogen and oxygen atoms in total. The molecule has 12 heteroatoms. The van der Waals surface area contributed by atoms with E-state index in [1.807, 2.05) is 4.72 Å². The van der Waals surface area contributed by atoms with E-state index < -0.39 is 50.3 Å². The van der Waals surface area contributed by atoms with Crippen LogP contribution in [0.15, 0.2) is 53.4 Å². The van der Waals surface area contributed by atoms with E-state index in [0.717, 1.165) is 36.4 Å². The molecule has 0 aliphatic heterocycles. The molecular formula is C19H19F4N3O4S. The third kappa shape index (κ3) is 6.76. The number of carbonyl (C=O) groups is 2. The van der Waals surface area contributed by atoms with Crippen molar-refractivity contribution in [3.63, 3.8) is 0 Å². The average molecular weight is 461 g/mol. The Morgan fingerprint density at radius 2 is 1.55 bits per heavy atom. The molecule has 168 valence electrons. The van der Waals surface area contributed by atoms with E-state index in [1.54, 1.807) is 0 Å². The second-order valence-corrected chi connectivity index (χ2v) is 8.08. The lowest BCUT2D eigenvalue weighted by Crippen LogP contribution is -2.46. The highest BCUT2D eigenvalue weighted by atomic mass is 32.2. The largest absolute Gasteiger partial charge is 0.416 e. The summed E-state index contributed by atoms with van der Waals surface area (Å²) in [6.07, 6.45) is -4.51. The minimum Gasteiger partial charge on any atom is -0.353 e. The summed E-state index contributed by atoms with van der Waals surface area (Å²) in [4.78, 5) is 23.4. The maximum absolute atomic E-state index is 13.7. The smallest absolute Gasteiger partial charge is 0.353 e.